The summed E-state index contributed by atoms with van der Waals surface area (Å²) >= 11 is 6.31. The SMILES string of the molecule is CC(C)(C)C(=O)NCc1ccc(Cl)c(C(=O)Cc2cnc3[nH]c(-c4ccc(F)cc4)cc3c2)c1. The second-order valence-corrected chi connectivity index (χ2v) is 9.73. The van der Waals surface area contributed by atoms with Crippen LogP contribution in [0.5, 0.6) is 0 Å². The Labute approximate surface area is 202 Å². The molecule has 0 spiro atoms. The largest absolute Gasteiger partial charge is 0.352 e. The van der Waals surface area contributed by atoms with E-state index in [0.29, 0.717) is 22.8 Å². The molecule has 0 aliphatic rings. The fraction of sp³-hybridized carbons (Fsp3) is 0.222. The van der Waals surface area contributed by atoms with Crippen molar-refractivity contribution in [1.29, 1.82) is 0 Å². The zero-order chi connectivity index (χ0) is 24.5. The van der Waals surface area contributed by atoms with Crippen molar-refractivity contribution in [1.82, 2.24) is 15.3 Å². The van der Waals surface area contributed by atoms with Crippen LogP contribution in [0.4, 0.5) is 4.39 Å². The first kappa shape index (κ1) is 23.6. The van der Waals surface area contributed by atoms with Crippen LogP contribution in [0.3, 0.4) is 0 Å². The van der Waals surface area contributed by atoms with E-state index in [1.165, 1.54) is 12.1 Å². The summed E-state index contributed by atoms with van der Waals surface area (Å²) in [5.41, 5.74) is 3.82. The number of Topliss-reactive ketones (excluding diaryl/α,β-unsaturated/α-hetero) is 1. The first-order valence-electron chi connectivity index (χ1n) is 10.9. The number of hydrogen-bond acceptors (Lipinski definition) is 3. The summed E-state index contributed by atoms with van der Waals surface area (Å²) in [5.74, 6) is -0.497. The third-order valence-electron chi connectivity index (χ3n) is 5.51. The van der Waals surface area contributed by atoms with E-state index in [1.54, 1.807) is 36.5 Å². The normalized spacial score (nSPS) is 11.6. The van der Waals surface area contributed by atoms with Crippen molar-refractivity contribution in [3.05, 3.63) is 88.3 Å². The molecule has 2 aromatic heterocycles. The molecule has 2 aromatic carbocycles. The Balaban J connectivity index is 1.51. The summed E-state index contributed by atoms with van der Waals surface area (Å²) in [6.45, 7) is 5.85. The average Bonchev–Trinajstić information content (AvgIpc) is 3.21. The second kappa shape index (κ2) is 9.39. The maximum Gasteiger partial charge on any atom is 0.225 e. The minimum Gasteiger partial charge on any atom is -0.352 e. The molecule has 34 heavy (non-hydrogen) atoms. The van der Waals surface area contributed by atoms with Gasteiger partial charge in [0.25, 0.3) is 0 Å². The molecule has 7 heteroatoms. The Morgan fingerprint density at radius 1 is 1.03 bits per heavy atom. The summed E-state index contributed by atoms with van der Waals surface area (Å²) in [6.07, 6.45) is 1.80. The predicted octanol–water partition coefficient (Wildman–Crippen LogP) is 6.11. The van der Waals surface area contributed by atoms with Gasteiger partial charge < -0.3 is 10.3 Å². The minimum atomic E-state index is -0.495. The quantitative estimate of drug-likeness (QED) is 0.329. The van der Waals surface area contributed by atoms with Crippen LogP contribution in [-0.4, -0.2) is 21.7 Å². The molecule has 0 atom stereocenters. The number of rotatable bonds is 6. The number of hydrogen-bond donors (Lipinski definition) is 2. The number of aromatic nitrogens is 2. The zero-order valence-electron chi connectivity index (χ0n) is 19.2. The van der Waals surface area contributed by atoms with Gasteiger partial charge in [0, 0.05) is 41.2 Å². The molecular formula is C27H25ClFN3O2. The van der Waals surface area contributed by atoms with Crippen molar-refractivity contribution in [2.45, 2.75) is 33.7 Å². The van der Waals surface area contributed by atoms with E-state index in [2.05, 4.69) is 15.3 Å². The van der Waals surface area contributed by atoms with E-state index in [1.807, 2.05) is 32.9 Å². The molecule has 0 unspecified atom stereocenters. The molecule has 0 aliphatic heterocycles. The zero-order valence-corrected chi connectivity index (χ0v) is 20.0. The number of aromatic amines is 1. The average molecular weight is 478 g/mol. The molecule has 0 radical (unpaired) electrons. The van der Waals surface area contributed by atoms with E-state index in [-0.39, 0.29) is 23.9 Å². The van der Waals surface area contributed by atoms with Crippen LogP contribution in [0.25, 0.3) is 22.3 Å². The highest BCUT2D eigenvalue weighted by molar-refractivity contribution is 6.34. The van der Waals surface area contributed by atoms with Crippen LogP contribution in [0.2, 0.25) is 5.02 Å². The lowest BCUT2D eigenvalue weighted by molar-refractivity contribution is -0.128. The van der Waals surface area contributed by atoms with Gasteiger partial charge in [-0.3, -0.25) is 9.59 Å². The van der Waals surface area contributed by atoms with Crippen LogP contribution >= 0.6 is 11.6 Å². The summed E-state index contributed by atoms with van der Waals surface area (Å²) in [5, 5.41) is 4.11. The van der Waals surface area contributed by atoms with Gasteiger partial charge >= 0.3 is 0 Å². The minimum absolute atomic E-state index is 0.0683. The van der Waals surface area contributed by atoms with Crippen LogP contribution in [0.15, 0.2) is 60.8 Å². The lowest BCUT2D eigenvalue weighted by atomic mass is 9.95. The fourth-order valence-corrected chi connectivity index (χ4v) is 3.79. The lowest BCUT2D eigenvalue weighted by Gasteiger charge is -2.18. The Hall–Kier alpha value is -3.51. The topological polar surface area (TPSA) is 74.8 Å². The van der Waals surface area contributed by atoms with Crippen LogP contribution in [0, 0.1) is 11.2 Å². The first-order chi connectivity index (χ1) is 16.1. The van der Waals surface area contributed by atoms with Gasteiger partial charge in [0.05, 0.1) is 5.02 Å². The number of pyridine rings is 1. The molecule has 2 heterocycles. The van der Waals surface area contributed by atoms with Gasteiger partial charge in [-0.05, 0) is 65.2 Å². The summed E-state index contributed by atoms with van der Waals surface area (Å²) in [7, 11) is 0. The Morgan fingerprint density at radius 2 is 1.76 bits per heavy atom. The number of fused-ring (bicyclic) bond motifs is 1. The molecular weight excluding hydrogens is 453 g/mol. The van der Waals surface area contributed by atoms with Crippen molar-refractivity contribution >= 4 is 34.3 Å². The molecule has 174 valence electrons. The maximum atomic E-state index is 13.2. The molecule has 4 aromatic rings. The Kier molecular flexibility index (Phi) is 6.53. The van der Waals surface area contributed by atoms with Crippen molar-refractivity contribution in [3.63, 3.8) is 0 Å². The van der Waals surface area contributed by atoms with Crippen molar-refractivity contribution in [3.8, 4) is 11.3 Å². The second-order valence-electron chi connectivity index (χ2n) is 9.32. The van der Waals surface area contributed by atoms with E-state index in [0.717, 1.165) is 27.8 Å². The molecule has 0 saturated heterocycles. The maximum absolute atomic E-state index is 13.2. The first-order valence-corrected chi connectivity index (χ1v) is 11.3. The predicted molar refractivity (Wildman–Crippen MR) is 132 cm³/mol. The summed E-state index contributed by atoms with van der Waals surface area (Å²) in [6, 6.07) is 15.2. The highest BCUT2D eigenvalue weighted by Crippen LogP contribution is 2.25. The Bertz CT molecular complexity index is 1370. The van der Waals surface area contributed by atoms with E-state index in [4.69, 9.17) is 11.6 Å². The van der Waals surface area contributed by atoms with Gasteiger partial charge in [-0.2, -0.15) is 0 Å². The van der Waals surface area contributed by atoms with Crippen LogP contribution in [0.1, 0.15) is 42.3 Å². The number of amides is 1. The number of nitrogens with zero attached hydrogens (tertiary/aromatic N) is 1. The summed E-state index contributed by atoms with van der Waals surface area (Å²) in [4.78, 5) is 32.8. The van der Waals surface area contributed by atoms with Crippen molar-refractivity contribution in [2.24, 2.45) is 5.41 Å². The monoisotopic (exact) mass is 477 g/mol. The fourth-order valence-electron chi connectivity index (χ4n) is 3.57. The number of H-pyrrole nitrogens is 1. The molecule has 1 amide bonds. The van der Waals surface area contributed by atoms with Crippen molar-refractivity contribution in [2.75, 3.05) is 0 Å². The molecule has 0 aliphatic carbocycles. The van der Waals surface area contributed by atoms with E-state index < -0.39 is 5.41 Å². The number of halogens is 2. The van der Waals surface area contributed by atoms with Gasteiger partial charge in [-0.1, -0.05) is 38.4 Å². The molecule has 0 saturated carbocycles. The molecule has 4 rings (SSSR count). The molecule has 5 nitrogen and oxygen atoms in total. The smallest absolute Gasteiger partial charge is 0.225 e. The highest BCUT2D eigenvalue weighted by Gasteiger charge is 2.21. The van der Waals surface area contributed by atoms with Gasteiger partial charge in [-0.15, -0.1) is 0 Å². The third-order valence-corrected chi connectivity index (χ3v) is 5.84. The van der Waals surface area contributed by atoms with Gasteiger partial charge in [0.2, 0.25) is 5.91 Å². The van der Waals surface area contributed by atoms with Crippen molar-refractivity contribution < 1.29 is 14.0 Å². The van der Waals surface area contributed by atoms with E-state index in [9.17, 15) is 14.0 Å². The number of benzene rings is 2. The number of ketones is 1. The standard InChI is InChI=1S/C27H25ClFN3O2/c1-27(2,3)26(34)31-14-16-4-9-22(28)21(11-16)24(33)12-17-10-19-13-23(32-25(19)30-15-17)18-5-7-20(29)8-6-18/h4-11,13,15H,12,14H2,1-3H3,(H,30,32)(H,31,34). The molecule has 0 bridgehead atoms. The van der Waals surface area contributed by atoms with Gasteiger partial charge in [0.1, 0.15) is 11.5 Å². The number of carbonyl (C=O) groups excluding carboxylic acids is 2. The van der Waals surface area contributed by atoms with Gasteiger partial charge in [-0.25, -0.2) is 9.37 Å². The summed E-state index contributed by atoms with van der Waals surface area (Å²) < 4.78 is 13.2. The van der Waals surface area contributed by atoms with Gasteiger partial charge in [0.15, 0.2) is 5.78 Å². The molecule has 2 N–H and O–H groups in total. The molecule has 0 fully saturated rings. The van der Waals surface area contributed by atoms with E-state index >= 15 is 0 Å². The Morgan fingerprint density at radius 3 is 2.47 bits per heavy atom. The third kappa shape index (κ3) is 5.34. The van der Waals surface area contributed by atoms with Crippen LogP contribution < -0.4 is 5.32 Å². The number of nitrogens with one attached hydrogen (secondary N) is 2. The van der Waals surface area contributed by atoms with Crippen LogP contribution in [-0.2, 0) is 17.8 Å². The highest BCUT2D eigenvalue weighted by atomic mass is 35.5. The number of carbonyl (C=O) groups is 2. The lowest BCUT2D eigenvalue weighted by Crippen LogP contribution is -2.34.